The van der Waals surface area contributed by atoms with Gasteiger partial charge in [0, 0.05) is 31.7 Å². The highest BCUT2D eigenvalue weighted by atomic mass is 127. The van der Waals surface area contributed by atoms with Crippen LogP contribution in [0.1, 0.15) is 58.9 Å². The molecule has 0 aliphatic carbocycles. The van der Waals surface area contributed by atoms with E-state index < -0.39 is 0 Å². The van der Waals surface area contributed by atoms with E-state index in [4.69, 9.17) is 9.73 Å². The van der Waals surface area contributed by atoms with Gasteiger partial charge < -0.3 is 20.3 Å². The number of unbranched alkanes of at least 4 members (excludes halogenated alkanes) is 1. The summed E-state index contributed by atoms with van der Waals surface area (Å²) >= 11 is 0. The molecule has 2 rings (SSSR count). The molecule has 1 aliphatic rings. The van der Waals surface area contributed by atoms with Gasteiger partial charge in [-0.2, -0.15) is 0 Å². The second-order valence-corrected chi connectivity index (χ2v) is 7.59. The Balaban J connectivity index is 0.00000392. The largest absolute Gasteiger partial charge is 0.494 e. The monoisotopic (exact) mass is 502 g/mol. The molecule has 1 aromatic rings. The average molecular weight is 502 g/mol. The first-order valence-corrected chi connectivity index (χ1v) is 10.6. The zero-order valence-electron chi connectivity index (χ0n) is 18.0. The fourth-order valence-corrected chi connectivity index (χ4v) is 3.31. The third kappa shape index (κ3) is 8.99. The number of aliphatic imine (C=N–C) groups is 1. The van der Waals surface area contributed by atoms with E-state index in [0.717, 1.165) is 50.8 Å². The maximum Gasteiger partial charge on any atom is 0.191 e. The van der Waals surface area contributed by atoms with Crippen molar-refractivity contribution in [1.29, 1.82) is 0 Å². The molecule has 0 aromatic heterocycles. The van der Waals surface area contributed by atoms with Crippen molar-refractivity contribution in [2.24, 2.45) is 4.99 Å². The van der Waals surface area contributed by atoms with Crippen LogP contribution in [0.4, 0.5) is 0 Å². The Morgan fingerprint density at radius 1 is 1.25 bits per heavy atom. The summed E-state index contributed by atoms with van der Waals surface area (Å²) in [4.78, 5) is 7.34. The molecule has 0 spiro atoms. The molecule has 1 aliphatic heterocycles. The highest BCUT2D eigenvalue weighted by molar-refractivity contribution is 14.0. The van der Waals surface area contributed by atoms with Gasteiger partial charge in [-0.1, -0.05) is 25.5 Å². The molecule has 0 bridgehead atoms. The van der Waals surface area contributed by atoms with E-state index in [1.54, 1.807) is 0 Å². The summed E-state index contributed by atoms with van der Waals surface area (Å²) in [5.41, 5.74) is 1.18. The summed E-state index contributed by atoms with van der Waals surface area (Å²) in [6.07, 6.45) is 4.58. The van der Waals surface area contributed by atoms with E-state index in [0.29, 0.717) is 18.6 Å². The molecule has 0 saturated carbocycles. The first-order valence-electron chi connectivity index (χ1n) is 10.6. The Kier molecular flexibility index (Phi) is 12.5. The van der Waals surface area contributed by atoms with Crippen molar-refractivity contribution in [3.63, 3.8) is 0 Å². The fourth-order valence-electron chi connectivity index (χ4n) is 3.31. The summed E-state index contributed by atoms with van der Waals surface area (Å²) < 4.78 is 5.81. The molecule has 0 atom stereocenters. The lowest BCUT2D eigenvalue weighted by molar-refractivity contribution is 0.167. The second kappa shape index (κ2) is 14.0. The van der Waals surface area contributed by atoms with E-state index >= 15 is 0 Å². The number of guanidine groups is 1. The zero-order valence-corrected chi connectivity index (χ0v) is 20.4. The van der Waals surface area contributed by atoms with Crippen molar-refractivity contribution in [3.05, 3.63) is 29.8 Å². The van der Waals surface area contributed by atoms with Crippen LogP contribution in [0.5, 0.6) is 5.75 Å². The maximum atomic E-state index is 5.81. The lowest BCUT2D eigenvalue weighted by Gasteiger charge is -2.35. The number of piperidine rings is 1. The highest BCUT2D eigenvalue weighted by Crippen LogP contribution is 2.15. The lowest BCUT2D eigenvalue weighted by Crippen LogP contribution is -2.49. The normalized spacial score (nSPS) is 16.0. The van der Waals surface area contributed by atoms with Crippen LogP contribution in [0.15, 0.2) is 29.3 Å². The Hall–Kier alpha value is -1.02. The predicted octanol–water partition coefficient (Wildman–Crippen LogP) is 4.41. The third-order valence-corrected chi connectivity index (χ3v) is 5.03. The van der Waals surface area contributed by atoms with Crippen molar-refractivity contribution in [2.45, 2.75) is 72.0 Å². The number of hydrogen-bond acceptors (Lipinski definition) is 3. The molecular formula is C22H39IN4O. The summed E-state index contributed by atoms with van der Waals surface area (Å²) in [6.45, 7) is 13.5. The molecule has 2 N–H and O–H groups in total. The molecule has 1 fully saturated rings. The molecule has 1 saturated heterocycles. The molecule has 1 aromatic carbocycles. The van der Waals surface area contributed by atoms with Gasteiger partial charge >= 0.3 is 0 Å². The number of ether oxygens (including phenoxy) is 1. The van der Waals surface area contributed by atoms with Crippen LogP contribution in [0.3, 0.4) is 0 Å². The maximum absolute atomic E-state index is 5.81. The number of benzene rings is 1. The van der Waals surface area contributed by atoms with Crippen molar-refractivity contribution in [3.8, 4) is 5.75 Å². The van der Waals surface area contributed by atoms with Gasteiger partial charge in [0.05, 0.1) is 13.2 Å². The fraction of sp³-hybridized carbons (Fsp3) is 0.682. The molecule has 1 heterocycles. The number of likely N-dealkylation sites (tertiary alicyclic amines) is 1. The summed E-state index contributed by atoms with van der Waals surface area (Å²) in [5, 5.41) is 7.01. The Morgan fingerprint density at radius 3 is 2.64 bits per heavy atom. The minimum atomic E-state index is 0. The minimum Gasteiger partial charge on any atom is -0.494 e. The van der Waals surface area contributed by atoms with Crippen molar-refractivity contribution in [1.82, 2.24) is 15.5 Å². The van der Waals surface area contributed by atoms with Gasteiger partial charge in [0.2, 0.25) is 0 Å². The van der Waals surface area contributed by atoms with Gasteiger partial charge in [0.25, 0.3) is 0 Å². The molecule has 28 heavy (non-hydrogen) atoms. The second-order valence-electron chi connectivity index (χ2n) is 7.59. The Morgan fingerprint density at radius 2 is 2.00 bits per heavy atom. The van der Waals surface area contributed by atoms with Crippen LogP contribution >= 0.6 is 24.0 Å². The smallest absolute Gasteiger partial charge is 0.191 e. The van der Waals surface area contributed by atoms with Crippen molar-refractivity contribution >= 4 is 29.9 Å². The van der Waals surface area contributed by atoms with Gasteiger partial charge in [0.1, 0.15) is 5.75 Å². The SMILES string of the molecule is CCCCOc1cccc(CN=C(NCC)NC2CCN(C(C)C)CC2)c1.I. The summed E-state index contributed by atoms with van der Waals surface area (Å²) in [6, 6.07) is 9.43. The van der Waals surface area contributed by atoms with Gasteiger partial charge in [-0.25, -0.2) is 4.99 Å². The van der Waals surface area contributed by atoms with Crippen LogP contribution < -0.4 is 15.4 Å². The predicted molar refractivity (Wildman–Crippen MR) is 130 cm³/mol. The highest BCUT2D eigenvalue weighted by Gasteiger charge is 2.21. The van der Waals surface area contributed by atoms with Gasteiger partial charge in [0.15, 0.2) is 5.96 Å². The average Bonchev–Trinajstić information content (AvgIpc) is 2.67. The minimum absolute atomic E-state index is 0. The van der Waals surface area contributed by atoms with E-state index in [1.165, 1.54) is 18.4 Å². The molecule has 160 valence electrons. The molecule has 5 nitrogen and oxygen atoms in total. The lowest BCUT2D eigenvalue weighted by atomic mass is 10.0. The van der Waals surface area contributed by atoms with Crippen LogP contribution in [-0.2, 0) is 6.54 Å². The molecule has 0 unspecified atom stereocenters. The first-order chi connectivity index (χ1) is 13.1. The van der Waals surface area contributed by atoms with E-state index in [2.05, 4.69) is 55.4 Å². The van der Waals surface area contributed by atoms with E-state index in [-0.39, 0.29) is 24.0 Å². The van der Waals surface area contributed by atoms with Crippen molar-refractivity contribution < 1.29 is 4.74 Å². The standard InChI is InChI=1S/C22H38N4O.HI/c1-5-7-15-27-21-10-8-9-19(16-21)17-24-22(23-6-2)25-20-11-13-26(14-12-20)18(3)4;/h8-10,16,18,20H,5-7,11-15,17H2,1-4H3,(H2,23,24,25);1H. The topological polar surface area (TPSA) is 48.9 Å². The zero-order chi connectivity index (χ0) is 19.5. The third-order valence-electron chi connectivity index (χ3n) is 5.03. The number of halogens is 1. The van der Waals surface area contributed by atoms with Crippen molar-refractivity contribution in [2.75, 3.05) is 26.2 Å². The van der Waals surface area contributed by atoms with E-state index in [1.807, 2.05) is 12.1 Å². The first kappa shape index (κ1) is 25.0. The molecule has 0 amide bonds. The Bertz CT molecular complexity index is 571. The Labute approximate surface area is 188 Å². The van der Waals surface area contributed by atoms with Crippen LogP contribution in [-0.4, -0.2) is 49.2 Å². The van der Waals surface area contributed by atoms with Crippen LogP contribution in [0.25, 0.3) is 0 Å². The van der Waals surface area contributed by atoms with Gasteiger partial charge in [-0.3, -0.25) is 0 Å². The van der Waals surface area contributed by atoms with Gasteiger partial charge in [-0.15, -0.1) is 24.0 Å². The number of nitrogens with zero attached hydrogens (tertiary/aromatic N) is 2. The summed E-state index contributed by atoms with van der Waals surface area (Å²) in [5.74, 6) is 1.85. The number of hydrogen-bond donors (Lipinski definition) is 2. The number of rotatable bonds is 9. The van der Waals surface area contributed by atoms with Gasteiger partial charge in [-0.05, 0) is 57.7 Å². The molecule has 6 heteroatoms. The summed E-state index contributed by atoms with van der Waals surface area (Å²) in [7, 11) is 0. The van der Waals surface area contributed by atoms with E-state index in [9.17, 15) is 0 Å². The molecule has 0 radical (unpaired) electrons. The number of nitrogens with one attached hydrogen (secondary N) is 2. The van der Waals surface area contributed by atoms with Crippen LogP contribution in [0, 0.1) is 0 Å². The molecular weight excluding hydrogens is 463 g/mol. The van der Waals surface area contributed by atoms with Crippen LogP contribution in [0.2, 0.25) is 0 Å². The quantitative estimate of drug-likeness (QED) is 0.227.